The molecule has 0 saturated carbocycles. The van der Waals surface area contributed by atoms with Crippen molar-refractivity contribution in [2.24, 2.45) is 0 Å². The van der Waals surface area contributed by atoms with Crippen LogP contribution in [-0.4, -0.2) is 18.0 Å². The number of nitrogens with one attached hydrogen (secondary N) is 1. The van der Waals surface area contributed by atoms with Crippen LogP contribution in [0.5, 0.6) is 0 Å². The van der Waals surface area contributed by atoms with E-state index in [1.54, 1.807) is 31.5 Å². The highest BCUT2D eigenvalue weighted by molar-refractivity contribution is 6.37. The van der Waals surface area contributed by atoms with Crippen molar-refractivity contribution in [2.45, 2.75) is 6.92 Å². The first-order valence-electron chi connectivity index (χ1n) is 8.47. The summed E-state index contributed by atoms with van der Waals surface area (Å²) in [6.07, 6.45) is 5.22. The number of ketones is 1. The van der Waals surface area contributed by atoms with Crippen LogP contribution in [0, 0.1) is 0 Å². The summed E-state index contributed by atoms with van der Waals surface area (Å²) >= 11 is 12.0. The largest absolute Gasteiger partial charge is 0.450 e. The number of rotatable bonds is 5. The van der Waals surface area contributed by atoms with Crippen molar-refractivity contribution in [1.29, 1.82) is 0 Å². The Kier molecular flexibility index (Phi) is 5.91. The number of hydroxylamine groups is 2. The number of benzene rings is 2. The van der Waals surface area contributed by atoms with E-state index in [1.165, 1.54) is 6.07 Å². The number of allylic oxidation sites excluding steroid dienone is 3. The van der Waals surface area contributed by atoms with Crippen LogP contribution in [0.2, 0.25) is 10.0 Å². The van der Waals surface area contributed by atoms with E-state index < -0.39 is 5.78 Å². The van der Waals surface area contributed by atoms with Gasteiger partial charge in [-0.2, -0.15) is 5.06 Å². The van der Waals surface area contributed by atoms with Crippen LogP contribution in [0.1, 0.15) is 28.6 Å². The van der Waals surface area contributed by atoms with E-state index in [4.69, 9.17) is 33.4 Å². The number of halogens is 2. The minimum Gasteiger partial charge on any atom is -0.450 e. The predicted octanol–water partition coefficient (Wildman–Crippen LogP) is 4.37. The summed E-state index contributed by atoms with van der Waals surface area (Å²) < 4.78 is 5.78. The third-order valence-electron chi connectivity index (χ3n) is 4.25. The van der Waals surface area contributed by atoms with Gasteiger partial charge in [-0.15, -0.1) is 0 Å². The van der Waals surface area contributed by atoms with E-state index >= 15 is 0 Å². The molecule has 5 nitrogen and oxygen atoms in total. The molecular weight excluding hydrogens is 399 g/mol. The Bertz CT molecular complexity index is 1110. The lowest BCUT2D eigenvalue weighted by Crippen LogP contribution is -3.01. The number of hydrogen-bond acceptors (Lipinski definition) is 4. The molecule has 4 N–H and O–H groups in total. The lowest BCUT2D eigenvalue weighted by Gasteiger charge is -2.02. The number of anilines is 1. The van der Waals surface area contributed by atoms with Crippen LogP contribution in [0.4, 0.5) is 5.69 Å². The van der Waals surface area contributed by atoms with Crippen molar-refractivity contribution in [3.63, 3.8) is 0 Å². The summed E-state index contributed by atoms with van der Waals surface area (Å²) in [6.45, 7) is 1.93. The second-order valence-corrected chi connectivity index (χ2v) is 7.20. The van der Waals surface area contributed by atoms with Gasteiger partial charge in [0, 0.05) is 16.0 Å². The average Bonchev–Trinajstić information content (AvgIpc) is 2.97. The maximum absolute atomic E-state index is 12.8. The van der Waals surface area contributed by atoms with E-state index in [1.807, 2.05) is 31.2 Å². The molecule has 0 radical (unpaired) electrons. The Morgan fingerprint density at radius 2 is 1.96 bits per heavy atom. The fraction of sp³-hybridized carbons (Fsp3) is 0.0952. The van der Waals surface area contributed by atoms with Crippen LogP contribution in [0.15, 0.2) is 59.2 Å². The average molecular weight is 418 g/mol. The third-order valence-corrected chi connectivity index (χ3v) is 4.80. The van der Waals surface area contributed by atoms with Gasteiger partial charge in [-0.25, -0.2) is 5.21 Å². The topological polar surface area (TPSA) is 80.9 Å². The molecule has 3 rings (SSSR count). The minimum absolute atomic E-state index is 0.0448. The van der Waals surface area contributed by atoms with E-state index in [0.29, 0.717) is 16.0 Å². The summed E-state index contributed by atoms with van der Waals surface area (Å²) in [4.78, 5) is 12.8. The van der Waals surface area contributed by atoms with Crippen molar-refractivity contribution in [2.75, 3.05) is 12.8 Å². The fourth-order valence-electron chi connectivity index (χ4n) is 2.75. The van der Waals surface area contributed by atoms with Crippen molar-refractivity contribution < 1.29 is 19.5 Å². The first-order valence-corrected chi connectivity index (χ1v) is 9.23. The molecular formula is C21H19Cl2N2O3+. The van der Waals surface area contributed by atoms with Gasteiger partial charge in [-0.05, 0) is 54.5 Å². The smallest absolute Gasteiger partial charge is 0.231 e. The van der Waals surface area contributed by atoms with Gasteiger partial charge in [0.25, 0.3) is 0 Å². The molecule has 144 valence electrons. The molecule has 0 saturated heterocycles. The standard InChI is InChI=1S/C21H18Cl2N2O3/c1-12(4-3-9-25(2)27)13-5-7-16-18(10-13)28-21(19(16)24)20(26)15-8-6-14(22)11-17(15)23/h3-11,27H,24H2,1-2H3/p+1/b9-3-,12-4+. The molecule has 0 aliphatic carbocycles. The molecule has 0 aliphatic rings. The summed E-state index contributed by atoms with van der Waals surface area (Å²) in [5.41, 5.74) is 9.07. The number of fused-ring (bicyclic) bond motifs is 1. The summed E-state index contributed by atoms with van der Waals surface area (Å²) in [6, 6.07) is 10.2. The Balaban J connectivity index is 2.00. The molecule has 1 aromatic heterocycles. The molecule has 1 atom stereocenters. The van der Waals surface area contributed by atoms with Gasteiger partial charge in [0.15, 0.2) is 5.76 Å². The second kappa shape index (κ2) is 8.20. The van der Waals surface area contributed by atoms with Crippen molar-refractivity contribution in [3.05, 3.63) is 81.7 Å². The van der Waals surface area contributed by atoms with Gasteiger partial charge in [0.1, 0.15) is 18.8 Å². The quantitative estimate of drug-likeness (QED) is 0.327. The summed E-state index contributed by atoms with van der Waals surface area (Å²) in [5, 5.41) is 10.8. The van der Waals surface area contributed by atoms with Gasteiger partial charge < -0.3 is 10.2 Å². The molecule has 0 spiro atoms. The first kappa shape index (κ1) is 20.2. The number of nitrogens with two attached hydrogens (primary N) is 1. The molecule has 0 amide bonds. The highest BCUT2D eigenvalue weighted by atomic mass is 35.5. The summed E-state index contributed by atoms with van der Waals surface area (Å²) in [7, 11) is 1.60. The van der Waals surface area contributed by atoms with Gasteiger partial charge >= 0.3 is 0 Å². The second-order valence-electron chi connectivity index (χ2n) is 6.36. The molecule has 0 aliphatic heterocycles. The number of quaternary nitrogens is 1. The van der Waals surface area contributed by atoms with Gasteiger partial charge in [0.05, 0.1) is 10.7 Å². The lowest BCUT2D eigenvalue weighted by atomic mass is 10.0. The van der Waals surface area contributed by atoms with E-state index in [9.17, 15) is 10.0 Å². The molecule has 2 aromatic carbocycles. The van der Waals surface area contributed by atoms with E-state index in [0.717, 1.165) is 11.1 Å². The number of nitrogen functional groups attached to an aromatic ring is 1. The van der Waals surface area contributed by atoms with Gasteiger partial charge in [0.2, 0.25) is 5.78 Å². The monoisotopic (exact) mass is 417 g/mol. The minimum atomic E-state index is -0.402. The van der Waals surface area contributed by atoms with E-state index in [2.05, 4.69) is 0 Å². The lowest BCUT2D eigenvalue weighted by molar-refractivity contribution is -1.03. The van der Waals surface area contributed by atoms with Crippen molar-refractivity contribution >= 4 is 51.2 Å². The third kappa shape index (κ3) is 4.13. The van der Waals surface area contributed by atoms with Crippen LogP contribution < -0.4 is 10.8 Å². The zero-order chi connectivity index (χ0) is 20.4. The number of carbonyl (C=O) groups is 1. The Morgan fingerprint density at radius 3 is 2.64 bits per heavy atom. The van der Waals surface area contributed by atoms with Crippen LogP contribution in [0.3, 0.4) is 0 Å². The molecule has 1 heterocycles. The van der Waals surface area contributed by atoms with Crippen LogP contribution >= 0.6 is 23.2 Å². The molecule has 1 unspecified atom stereocenters. The Labute approximate surface area is 172 Å². The number of furan rings is 1. The molecule has 3 aromatic rings. The van der Waals surface area contributed by atoms with Crippen LogP contribution in [-0.2, 0) is 0 Å². The molecule has 28 heavy (non-hydrogen) atoms. The highest BCUT2D eigenvalue weighted by Crippen LogP contribution is 2.33. The SMILES string of the molecule is C/C(=C\C=C/[NH+](C)O)c1ccc2c(N)c(C(=O)c3ccc(Cl)cc3Cl)oc2c1. The molecule has 0 fully saturated rings. The maximum Gasteiger partial charge on any atom is 0.231 e. The van der Waals surface area contributed by atoms with Crippen molar-refractivity contribution in [3.8, 4) is 0 Å². The number of carbonyl (C=O) groups excluding carboxylic acids is 1. The van der Waals surface area contributed by atoms with Crippen LogP contribution in [0.25, 0.3) is 16.5 Å². The molecule has 0 bridgehead atoms. The van der Waals surface area contributed by atoms with Gasteiger partial charge in [-0.1, -0.05) is 35.3 Å². The summed E-state index contributed by atoms with van der Waals surface area (Å²) in [5.74, 6) is -0.357. The zero-order valence-electron chi connectivity index (χ0n) is 15.3. The first-order chi connectivity index (χ1) is 13.3. The predicted molar refractivity (Wildman–Crippen MR) is 112 cm³/mol. The normalized spacial score (nSPS) is 13.4. The van der Waals surface area contributed by atoms with Crippen molar-refractivity contribution in [1.82, 2.24) is 0 Å². The van der Waals surface area contributed by atoms with E-state index in [-0.39, 0.29) is 27.1 Å². The molecule has 7 heteroatoms. The zero-order valence-corrected chi connectivity index (χ0v) is 16.8. The fourth-order valence-corrected chi connectivity index (χ4v) is 3.25. The Hall–Kier alpha value is -2.57. The highest BCUT2D eigenvalue weighted by Gasteiger charge is 2.22. The Morgan fingerprint density at radius 1 is 1.21 bits per heavy atom. The van der Waals surface area contributed by atoms with Gasteiger partial charge in [-0.3, -0.25) is 4.79 Å². The maximum atomic E-state index is 12.8. The number of hydrogen-bond donors (Lipinski definition) is 3.